The van der Waals surface area contributed by atoms with Gasteiger partial charge in [-0.3, -0.25) is 0 Å². The smallest absolute Gasteiger partial charge is 0.460 e. The van der Waals surface area contributed by atoms with Crippen LogP contribution in [0.4, 0.5) is 42.1 Å². The Bertz CT molecular complexity index is 1540. The second-order valence-electron chi connectivity index (χ2n) is 10.2. The van der Waals surface area contributed by atoms with E-state index in [1.54, 1.807) is 37.6 Å². The van der Waals surface area contributed by atoms with Gasteiger partial charge in [0.05, 0.1) is 47.1 Å². The first kappa shape index (κ1) is 32.0. The van der Waals surface area contributed by atoms with Gasteiger partial charge in [-0.15, -0.1) is 11.3 Å². The van der Waals surface area contributed by atoms with Crippen LogP contribution in [0.2, 0.25) is 0 Å². The predicted molar refractivity (Wildman–Crippen MR) is 154 cm³/mol. The lowest BCUT2D eigenvalue weighted by atomic mass is 10.0. The molecule has 14 heteroatoms. The molecule has 0 aliphatic carbocycles. The van der Waals surface area contributed by atoms with E-state index in [2.05, 4.69) is 22.5 Å². The van der Waals surface area contributed by atoms with Crippen molar-refractivity contribution in [1.82, 2.24) is 4.90 Å². The topological polar surface area (TPSA) is 53.6 Å². The molecule has 228 valence electrons. The van der Waals surface area contributed by atoms with E-state index in [9.17, 15) is 35.3 Å². The highest BCUT2D eigenvalue weighted by atomic mass is 32.1. The fourth-order valence-corrected chi connectivity index (χ4v) is 6.72. The summed E-state index contributed by atoms with van der Waals surface area (Å²) in [5, 5.41) is 6.91. The second kappa shape index (κ2) is 12.3. The fourth-order valence-electron chi connectivity index (χ4n) is 4.68. The number of likely N-dealkylation sites (tertiary alicyclic amines) is 1. The number of rotatable bonds is 7. The maximum Gasteiger partial charge on any atom is 0.460 e. The van der Waals surface area contributed by atoms with Gasteiger partial charge < -0.3 is 19.9 Å². The van der Waals surface area contributed by atoms with Gasteiger partial charge in [0, 0.05) is 18.4 Å². The maximum absolute atomic E-state index is 14.7. The van der Waals surface area contributed by atoms with Crippen LogP contribution in [0.25, 0.3) is 10.1 Å². The number of halogens is 7. The number of piperidine rings is 1. The first-order chi connectivity index (χ1) is 19.6. The lowest BCUT2D eigenvalue weighted by Crippen LogP contribution is -2.52. The van der Waals surface area contributed by atoms with Gasteiger partial charge in [-0.2, -0.15) is 26.3 Å². The van der Waals surface area contributed by atoms with Crippen LogP contribution < -0.4 is 20.7 Å². The van der Waals surface area contributed by atoms with Crippen molar-refractivity contribution in [3.63, 3.8) is 0 Å². The quantitative estimate of drug-likeness (QED) is 0.126. The van der Waals surface area contributed by atoms with Gasteiger partial charge in [-0.05, 0) is 55.0 Å². The van der Waals surface area contributed by atoms with Crippen LogP contribution >= 0.6 is 18.5 Å². The number of nitrogens with one attached hydrogen (secondary N) is 2. The van der Waals surface area contributed by atoms with E-state index < -0.39 is 51.3 Å². The summed E-state index contributed by atoms with van der Waals surface area (Å²) in [6.07, 6.45) is -12.3. The molecule has 4 rings (SSSR count). The summed E-state index contributed by atoms with van der Waals surface area (Å²) >= 11 is 1.01. The van der Waals surface area contributed by atoms with Crippen LogP contribution in [0.3, 0.4) is 0 Å². The van der Waals surface area contributed by atoms with Crippen LogP contribution in [0.15, 0.2) is 36.4 Å². The second-order valence-corrected chi connectivity index (χ2v) is 14.5. The van der Waals surface area contributed by atoms with Crippen molar-refractivity contribution in [3.8, 4) is 17.6 Å². The molecule has 2 unspecified atom stereocenters. The highest BCUT2D eigenvalue weighted by Gasteiger charge is 2.43. The van der Waals surface area contributed by atoms with Crippen LogP contribution in [-0.4, -0.2) is 69.7 Å². The molecule has 42 heavy (non-hydrogen) atoms. The molecule has 0 spiro atoms. The first-order valence-corrected chi connectivity index (χ1v) is 16.3. The molecule has 5 nitrogen and oxygen atoms in total. The SMILES string of the molecule is COc1cc(P(C)(C)=O)ccc1NCC#Cc1sc2c(NC3CCN(C(F)(F)F)CC3F)cccc2c1CC(F)(F)F. The lowest BCUT2D eigenvalue weighted by molar-refractivity contribution is -0.254. The van der Waals surface area contributed by atoms with Crippen molar-refractivity contribution in [2.24, 2.45) is 0 Å². The van der Waals surface area contributed by atoms with Gasteiger partial charge in [0.2, 0.25) is 0 Å². The number of thiophene rings is 1. The number of nitrogens with zero attached hydrogens (tertiary/aromatic N) is 1. The molecule has 1 aromatic heterocycles. The van der Waals surface area contributed by atoms with Crippen molar-refractivity contribution in [3.05, 3.63) is 46.8 Å². The molecule has 0 amide bonds. The first-order valence-electron chi connectivity index (χ1n) is 12.9. The Labute approximate surface area is 242 Å². The highest BCUT2D eigenvalue weighted by Crippen LogP contribution is 2.40. The normalized spacial score (nSPS) is 18.4. The third-order valence-electron chi connectivity index (χ3n) is 6.81. The number of ether oxygens (including phenoxy) is 1. The van der Waals surface area contributed by atoms with Gasteiger partial charge in [-0.1, -0.05) is 24.0 Å². The molecule has 2 heterocycles. The number of hydrogen-bond donors (Lipinski definition) is 2. The Morgan fingerprint density at radius 1 is 1.12 bits per heavy atom. The molecular formula is C28H29F7N3O2PS. The predicted octanol–water partition coefficient (Wildman–Crippen LogP) is 7.07. The Morgan fingerprint density at radius 3 is 2.48 bits per heavy atom. The van der Waals surface area contributed by atoms with E-state index in [0.29, 0.717) is 32.5 Å². The van der Waals surface area contributed by atoms with Crippen LogP contribution in [0, 0.1) is 11.8 Å². The summed E-state index contributed by atoms with van der Waals surface area (Å²) in [6, 6.07) is 8.74. The van der Waals surface area contributed by atoms with Crippen LogP contribution in [0.5, 0.6) is 5.75 Å². The van der Waals surface area contributed by atoms with Gasteiger partial charge in [0.15, 0.2) is 0 Å². The summed E-state index contributed by atoms with van der Waals surface area (Å²) in [5.74, 6) is 6.10. The number of methoxy groups -OCH3 is 1. The molecule has 1 aliphatic rings. The standard InChI is InChI=1S/C28H29F7N3O2PS/c1-40-24-14-17(41(2,3)39)9-10-22(24)36-12-5-8-25-19(15-27(30,31)32)18-6-4-7-23(26(18)42-25)37-21-11-13-38(16-20(21)29)28(33,34)35/h4,6-7,9-10,14,20-21,36-37H,11-13,15-16H2,1-3H3. The van der Waals surface area contributed by atoms with E-state index >= 15 is 0 Å². The molecular weight excluding hydrogens is 606 g/mol. The fraction of sp³-hybridized carbons (Fsp3) is 0.429. The molecule has 0 radical (unpaired) electrons. The molecule has 2 atom stereocenters. The zero-order chi connectivity index (χ0) is 30.9. The van der Waals surface area contributed by atoms with Crippen molar-refractivity contribution in [2.45, 2.75) is 37.5 Å². The maximum atomic E-state index is 14.7. The molecule has 0 saturated carbocycles. The minimum atomic E-state index is -4.64. The molecule has 3 aromatic rings. The zero-order valence-electron chi connectivity index (χ0n) is 22.9. The van der Waals surface area contributed by atoms with Crippen molar-refractivity contribution >= 4 is 45.2 Å². The third kappa shape index (κ3) is 7.71. The molecule has 2 N–H and O–H groups in total. The van der Waals surface area contributed by atoms with E-state index in [0.717, 1.165) is 11.3 Å². The van der Waals surface area contributed by atoms with E-state index in [1.165, 1.54) is 19.2 Å². The number of alkyl halides is 7. The lowest BCUT2D eigenvalue weighted by Gasteiger charge is -2.36. The van der Waals surface area contributed by atoms with E-state index in [4.69, 9.17) is 4.74 Å². The average molecular weight is 636 g/mol. The van der Waals surface area contributed by atoms with Crippen LogP contribution in [-0.2, 0) is 11.0 Å². The average Bonchev–Trinajstić information content (AvgIpc) is 3.23. The highest BCUT2D eigenvalue weighted by molar-refractivity contribution is 7.70. The van der Waals surface area contributed by atoms with Crippen molar-refractivity contribution in [1.29, 1.82) is 0 Å². The summed E-state index contributed by atoms with van der Waals surface area (Å²) in [6.45, 7) is 2.12. The van der Waals surface area contributed by atoms with E-state index in [1.807, 2.05) is 0 Å². The number of anilines is 2. The molecule has 2 aromatic carbocycles. The molecule has 1 aliphatic heterocycles. The molecule has 0 bridgehead atoms. The summed E-state index contributed by atoms with van der Waals surface area (Å²) in [5.41, 5.74) is 0.889. The van der Waals surface area contributed by atoms with Gasteiger partial charge in [0.25, 0.3) is 0 Å². The number of hydrogen-bond acceptors (Lipinski definition) is 6. The summed E-state index contributed by atoms with van der Waals surface area (Å²) in [4.78, 5) is 0.294. The molecule has 1 saturated heterocycles. The van der Waals surface area contributed by atoms with Gasteiger partial charge >= 0.3 is 12.5 Å². The number of fused-ring (bicyclic) bond motifs is 1. The Hall–Kier alpha value is -2.94. The van der Waals surface area contributed by atoms with Gasteiger partial charge in [-0.25, -0.2) is 9.29 Å². The Balaban J connectivity index is 1.58. The van der Waals surface area contributed by atoms with Crippen molar-refractivity contribution < 1.29 is 40.0 Å². The largest absolute Gasteiger partial charge is 0.495 e. The molecule has 1 fully saturated rings. The number of benzene rings is 2. The van der Waals surface area contributed by atoms with Crippen LogP contribution in [0.1, 0.15) is 16.9 Å². The minimum absolute atomic E-state index is 0.0223. The summed E-state index contributed by atoms with van der Waals surface area (Å²) < 4.78 is 112. The third-order valence-corrected chi connectivity index (χ3v) is 9.53. The minimum Gasteiger partial charge on any atom is -0.495 e. The Morgan fingerprint density at radius 2 is 1.86 bits per heavy atom. The zero-order valence-corrected chi connectivity index (χ0v) is 24.6. The van der Waals surface area contributed by atoms with Crippen molar-refractivity contribution in [2.75, 3.05) is 50.7 Å². The summed E-state index contributed by atoms with van der Waals surface area (Å²) in [7, 11) is -1.05. The Kier molecular flexibility index (Phi) is 9.40. The monoisotopic (exact) mass is 635 g/mol. The van der Waals surface area contributed by atoms with E-state index in [-0.39, 0.29) is 28.3 Å². The van der Waals surface area contributed by atoms with Gasteiger partial charge in [0.1, 0.15) is 19.1 Å².